The molecule has 128 valence electrons. The lowest BCUT2D eigenvalue weighted by Gasteiger charge is -2.10. The van der Waals surface area contributed by atoms with Crippen molar-refractivity contribution in [1.82, 2.24) is 14.5 Å². The van der Waals surface area contributed by atoms with Gasteiger partial charge in [0, 0.05) is 5.02 Å². The Hall–Kier alpha value is -2.66. The number of methoxy groups -OCH3 is 1. The van der Waals surface area contributed by atoms with Crippen LogP contribution in [0.3, 0.4) is 0 Å². The minimum Gasteiger partial charge on any atom is -0.464 e. The second-order valence-corrected chi connectivity index (χ2v) is 6.20. The Labute approximate surface area is 150 Å². The summed E-state index contributed by atoms with van der Waals surface area (Å²) in [5.74, 6) is 0.334. The van der Waals surface area contributed by atoms with Crippen molar-refractivity contribution in [3.8, 4) is 0 Å². The van der Waals surface area contributed by atoms with Crippen LogP contribution in [0, 0.1) is 13.8 Å². The number of benzene rings is 1. The number of imidazole rings is 1. The van der Waals surface area contributed by atoms with Crippen LogP contribution in [0.25, 0.3) is 17.2 Å². The second-order valence-electron chi connectivity index (χ2n) is 5.79. The summed E-state index contributed by atoms with van der Waals surface area (Å²) in [6.07, 6.45) is 1.75. The molecule has 0 unspecified atom stereocenters. The first-order valence-corrected chi connectivity index (χ1v) is 8.16. The average Bonchev–Trinajstić information content (AvgIpc) is 2.92. The summed E-state index contributed by atoms with van der Waals surface area (Å²) in [6.45, 7) is 8.07. The van der Waals surface area contributed by atoms with E-state index < -0.39 is 5.97 Å². The van der Waals surface area contributed by atoms with Crippen molar-refractivity contribution < 1.29 is 9.53 Å². The summed E-state index contributed by atoms with van der Waals surface area (Å²) >= 11 is 6.39. The minimum absolute atomic E-state index is 0.266. The van der Waals surface area contributed by atoms with E-state index >= 15 is 0 Å². The molecule has 0 aliphatic heterocycles. The molecule has 0 aliphatic carbocycles. The number of carbonyl (C=O) groups is 1. The maximum absolute atomic E-state index is 11.9. The van der Waals surface area contributed by atoms with Gasteiger partial charge in [0.15, 0.2) is 11.3 Å². The molecule has 0 bridgehead atoms. The van der Waals surface area contributed by atoms with Crippen molar-refractivity contribution in [2.24, 2.45) is 0 Å². The number of halogens is 1. The third-order valence-electron chi connectivity index (χ3n) is 4.12. The SMILES string of the molecule is C=Cc1ccc(Cn2c(C)nc3c(C)cc(C(=O)OC)nc32)c(Cl)c1. The lowest BCUT2D eigenvalue weighted by Crippen LogP contribution is -2.08. The summed E-state index contributed by atoms with van der Waals surface area (Å²) in [6, 6.07) is 7.48. The Kier molecular flexibility index (Phi) is 4.59. The highest BCUT2D eigenvalue weighted by molar-refractivity contribution is 6.31. The molecule has 1 aromatic carbocycles. The Morgan fingerprint density at radius 1 is 1.32 bits per heavy atom. The molecule has 5 nitrogen and oxygen atoms in total. The average molecular weight is 356 g/mol. The minimum atomic E-state index is -0.469. The van der Waals surface area contributed by atoms with Gasteiger partial charge < -0.3 is 9.30 Å². The van der Waals surface area contributed by atoms with Gasteiger partial charge in [0.1, 0.15) is 11.3 Å². The number of fused-ring (bicyclic) bond motifs is 1. The first kappa shape index (κ1) is 17.2. The monoisotopic (exact) mass is 355 g/mol. The van der Waals surface area contributed by atoms with Gasteiger partial charge in [-0.25, -0.2) is 14.8 Å². The summed E-state index contributed by atoms with van der Waals surface area (Å²) in [7, 11) is 1.34. The molecule has 0 atom stereocenters. The number of aromatic nitrogens is 3. The molecule has 0 spiro atoms. The van der Waals surface area contributed by atoms with Crippen LogP contribution in [0.1, 0.15) is 33.0 Å². The van der Waals surface area contributed by atoms with Crippen molar-refractivity contribution in [2.45, 2.75) is 20.4 Å². The third-order valence-corrected chi connectivity index (χ3v) is 4.47. The molecule has 0 amide bonds. The van der Waals surface area contributed by atoms with E-state index in [1.165, 1.54) is 7.11 Å². The molecule has 0 fully saturated rings. The molecule has 3 rings (SSSR count). The van der Waals surface area contributed by atoms with Gasteiger partial charge in [-0.1, -0.05) is 36.4 Å². The number of esters is 1. The lowest BCUT2D eigenvalue weighted by atomic mass is 10.1. The second kappa shape index (κ2) is 6.69. The van der Waals surface area contributed by atoms with Crippen LogP contribution in [0.4, 0.5) is 0 Å². The Balaban J connectivity index is 2.12. The van der Waals surface area contributed by atoms with E-state index in [9.17, 15) is 4.79 Å². The largest absolute Gasteiger partial charge is 0.464 e. The number of hydrogen-bond donors (Lipinski definition) is 0. The van der Waals surface area contributed by atoms with E-state index in [4.69, 9.17) is 16.3 Å². The first-order valence-electron chi connectivity index (χ1n) is 7.78. The fourth-order valence-corrected chi connectivity index (χ4v) is 2.99. The van der Waals surface area contributed by atoms with Crippen molar-refractivity contribution in [1.29, 1.82) is 0 Å². The van der Waals surface area contributed by atoms with Crippen LogP contribution in [0.5, 0.6) is 0 Å². The number of rotatable bonds is 4. The molecular weight excluding hydrogens is 338 g/mol. The molecule has 0 saturated heterocycles. The van der Waals surface area contributed by atoms with Crippen LogP contribution in [0.15, 0.2) is 30.8 Å². The van der Waals surface area contributed by atoms with Gasteiger partial charge in [0.2, 0.25) is 0 Å². The van der Waals surface area contributed by atoms with Crippen molar-refractivity contribution in [2.75, 3.05) is 7.11 Å². The predicted molar refractivity (Wildman–Crippen MR) is 99.0 cm³/mol. The number of carbonyl (C=O) groups excluding carboxylic acids is 1. The number of hydrogen-bond acceptors (Lipinski definition) is 4. The lowest BCUT2D eigenvalue weighted by molar-refractivity contribution is 0.0594. The summed E-state index contributed by atoms with van der Waals surface area (Å²) in [5.41, 5.74) is 4.45. The van der Waals surface area contributed by atoms with E-state index in [0.29, 0.717) is 17.2 Å². The topological polar surface area (TPSA) is 57.0 Å². The fraction of sp³-hybridized carbons (Fsp3) is 0.211. The zero-order chi connectivity index (χ0) is 18.1. The van der Waals surface area contributed by atoms with Crippen LogP contribution in [-0.2, 0) is 11.3 Å². The van der Waals surface area contributed by atoms with E-state index in [2.05, 4.69) is 16.5 Å². The van der Waals surface area contributed by atoms with Gasteiger partial charge in [-0.05, 0) is 42.7 Å². The fourth-order valence-electron chi connectivity index (χ4n) is 2.74. The van der Waals surface area contributed by atoms with Crippen LogP contribution < -0.4 is 0 Å². The van der Waals surface area contributed by atoms with Gasteiger partial charge in [0.05, 0.1) is 13.7 Å². The molecule has 0 radical (unpaired) electrons. The van der Waals surface area contributed by atoms with Crippen LogP contribution in [0.2, 0.25) is 5.02 Å². The van der Waals surface area contributed by atoms with Gasteiger partial charge >= 0.3 is 5.97 Å². The predicted octanol–water partition coefficient (Wildman–Crippen LogP) is 4.18. The maximum atomic E-state index is 11.9. The number of aryl methyl sites for hydroxylation is 2. The van der Waals surface area contributed by atoms with Gasteiger partial charge in [0.25, 0.3) is 0 Å². The van der Waals surface area contributed by atoms with Crippen molar-refractivity contribution in [3.63, 3.8) is 0 Å². The molecular formula is C19H18ClN3O2. The van der Waals surface area contributed by atoms with E-state index in [0.717, 1.165) is 28.0 Å². The summed E-state index contributed by atoms with van der Waals surface area (Å²) < 4.78 is 6.74. The standard InChI is InChI=1S/C19H18ClN3O2/c1-5-13-6-7-14(15(20)9-13)10-23-12(3)21-17-11(2)8-16(19(24)25-4)22-18(17)23/h5-9H,1,10H2,2-4H3. The first-order chi connectivity index (χ1) is 11.9. The highest BCUT2D eigenvalue weighted by Gasteiger charge is 2.17. The van der Waals surface area contributed by atoms with E-state index in [1.54, 1.807) is 12.1 Å². The molecule has 6 heteroatoms. The normalized spacial score (nSPS) is 10.9. The quantitative estimate of drug-likeness (QED) is 0.659. The smallest absolute Gasteiger partial charge is 0.356 e. The molecule has 3 aromatic rings. The molecule has 0 N–H and O–H groups in total. The number of ether oxygens (including phenoxy) is 1. The highest BCUT2D eigenvalue weighted by atomic mass is 35.5. The molecule has 0 saturated carbocycles. The Bertz CT molecular complexity index is 992. The van der Waals surface area contributed by atoms with Gasteiger partial charge in [-0.2, -0.15) is 0 Å². The number of pyridine rings is 1. The Morgan fingerprint density at radius 3 is 2.72 bits per heavy atom. The molecule has 0 aliphatic rings. The zero-order valence-corrected chi connectivity index (χ0v) is 15.1. The molecule has 2 aromatic heterocycles. The molecule has 2 heterocycles. The van der Waals surface area contributed by atoms with Crippen LogP contribution >= 0.6 is 11.6 Å². The molecule has 25 heavy (non-hydrogen) atoms. The van der Waals surface area contributed by atoms with Crippen molar-refractivity contribution >= 4 is 34.8 Å². The Morgan fingerprint density at radius 2 is 2.08 bits per heavy atom. The van der Waals surface area contributed by atoms with Crippen LogP contribution in [-0.4, -0.2) is 27.6 Å². The number of nitrogens with zero attached hydrogens (tertiary/aromatic N) is 3. The van der Waals surface area contributed by atoms with Gasteiger partial charge in [-0.15, -0.1) is 0 Å². The summed E-state index contributed by atoms with van der Waals surface area (Å²) in [4.78, 5) is 20.9. The van der Waals surface area contributed by atoms with E-state index in [1.807, 2.05) is 36.6 Å². The maximum Gasteiger partial charge on any atom is 0.356 e. The zero-order valence-electron chi connectivity index (χ0n) is 14.3. The summed E-state index contributed by atoms with van der Waals surface area (Å²) in [5, 5.41) is 0.652. The van der Waals surface area contributed by atoms with Crippen molar-refractivity contribution in [3.05, 3.63) is 64.1 Å². The van der Waals surface area contributed by atoms with E-state index in [-0.39, 0.29) is 5.69 Å². The third kappa shape index (κ3) is 3.15. The highest BCUT2D eigenvalue weighted by Crippen LogP contribution is 2.24. The van der Waals surface area contributed by atoms with Gasteiger partial charge in [-0.3, -0.25) is 0 Å².